The van der Waals surface area contributed by atoms with Crippen LogP contribution in [0, 0.1) is 0 Å². The standard InChI is InChI=1S/C20H15Cl2F3N2O4S2/c21-12-2-4-13(5-3-12)31-8-18(28)26-19-27(16-9-33(29,30)10-17(16)32-19)15-7-11(20(23,24)25)1-6-14(15)22/h1-7,16-17H,8-10H2/t16-,17+/m0/s1. The number of hydrogen-bond donors (Lipinski definition) is 0. The lowest BCUT2D eigenvalue weighted by atomic mass is 10.1. The number of amidine groups is 1. The third-order valence-electron chi connectivity index (χ3n) is 5.00. The van der Waals surface area contributed by atoms with Gasteiger partial charge in [0.15, 0.2) is 21.6 Å². The number of rotatable bonds is 4. The number of hydrogen-bond acceptors (Lipinski definition) is 5. The van der Waals surface area contributed by atoms with Crippen LogP contribution in [0.3, 0.4) is 0 Å². The number of thioether (sulfide) groups is 1. The van der Waals surface area contributed by atoms with E-state index in [4.69, 9.17) is 27.9 Å². The van der Waals surface area contributed by atoms with E-state index in [1.54, 1.807) is 24.3 Å². The average Bonchev–Trinajstić information content (AvgIpc) is 3.18. The third-order valence-corrected chi connectivity index (χ3v) is 8.78. The molecule has 0 saturated carbocycles. The van der Waals surface area contributed by atoms with Crippen molar-refractivity contribution in [3.63, 3.8) is 0 Å². The van der Waals surface area contributed by atoms with Gasteiger partial charge in [-0.15, -0.1) is 0 Å². The Morgan fingerprint density at radius 1 is 1.15 bits per heavy atom. The smallest absolute Gasteiger partial charge is 0.416 e. The van der Waals surface area contributed by atoms with Gasteiger partial charge in [0.2, 0.25) is 0 Å². The molecule has 0 N–H and O–H groups in total. The molecule has 2 aliphatic heterocycles. The number of halogens is 5. The number of aliphatic imine (C=N–C) groups is 1. The van der Waals surface area contributed by atoms with Crippen molar-refractivity contribution in [2.24, 2.45) is 4.99 Å². The number of sulfone groups is 1. The van der Waals surface area contributed by atoms with Gasteiger partial charge >= 0.3 is 6.18 Å². The molecule has 0 unspecified atom stereocenters. The highest BCUT2D eigenvalue weighted by atomic mass is 35.5. The molecule has 0 radical (unpaired) electrons. The molecule has 2 aromatic rings. The van der Waals surface area contributed by atoms with Gasteiger partial charge in [0.05, 0.1) is 33.8 Å². The van der Waals surface area contributed by atoms with Crippen molar-refractivity contribution in [1.82, 2.24) is 0 Å². The van der Waals surface area contributed by atoms with E-state index in [0.29, 0.717) is 10.8 Å². The van der Waals surface area contributed by atoms with Gasteiger partial charge in [0, 0.05) is 10.3 Å². The van der Waals surface area contributed by atoms with E-state index in [-0.39, 0.29) is 27.4 Å². The van der Waals surface area contributed by atoms with E-state index >= 15 is 0 Å². The first-order valence-electron chi connectivity index (χ1n) is 9.46. The summed E-state index contributed by atoms with van der Waals surface area (Å²) in [5.41, 5.74) is -1.01. The highest BCUT2D eigenvalue weighted by molar-refractivity contribution is 8.16. The summed E-state index contributed by atoms with van der Waals surface area (Å²) in [6, 6.07) is 8.35. The minimum atomic E-state index is -4.63. The van der Waals surface area contributed by atoms with Crippen LogP contribution in [0.25, 0.3) is 0 Å². The first kappa shape index (κ1) is 24.2. The summed E-state index contributed by atoms with van der Waals surface area (Å²) in [6.07, 6.45) is -4.63. The molecule has 176 valence electrons. The van der Waals surface area contributed by atoms with Crippen LogP contribution in [-0.2, 0) is 20.8 Å². The predicted octanol–water partition coefficient (Wildman–Crippen LogP) is 4.69. The second kappa shape index (κ2) is 9.01. The fourth-order valence-electron chi connectivity index (χ4n) is 3.53. The monoisotopic (exact) mass is 538 g/mol. The molecule has 2 aromatic carbocycles. The molecule has 2 heterocycles. The molecule has 0 aromatic heterocycles. The Labute approximate surface area is 201 Å². The largest absolute Gasteiger partial charge is 0.484 e. The lowest BCUT2D eigenvalue weighted by Gasteiger charge is -2.26. The fourth-order valence-corrected chi connectivity index (χ4v) is 7.79. The van der Waals surface area contributed by atoms with E-state index in [1.165, 1.54) is 4.90 Å². The van der Waals surface area contributed by atoms with Crippen molar-refractivity contribution in [2.75, 3.05) is 23.0 Å². The van der Waals surface area contributed by atoms with Crippen LogP contribution in [0.15, 0.2) is 47.5 Å². The number of fused-ring (bicyclic) bond motifs is 1. The Morgan fingerprint density at radius 2 is 1.85 bits per heavy atom. The summed E-state index contributed by atoms with van der Waals surface area (Å²) in [6.45, 7) is -0.427. The van der Waals surface area contributed by atoms with Gasteiger partial charge in [0.25, 0.3) is 5.91 Å². The molecule has 2 fully saturated rings. The van der Waals surface area contributed by atoms with E-state index in [0.717, 1.165) is 30.0 Å². The zero-order valence-corrected chi connectivity index (χ0v) is 19.7. The van der Waals surface area contributed by atoms with Crippen molar-refractivity contribution < 1.29 is 31.1 Å². The minimum absolute atomic E-state index is 0.0221. The van der Waals surface area contributed by atoms with E-state index < -0.39 is 45.4 Å². The van der Waals surface area contributed by atoms with E-state index in [1.807, 2.05) is 0 Å². The zero-order chi connectivity index (χ0) is 24.0. The predicted molar refractivity (Wildman–Crippen MR) is 122 cm³/mol. The van der Waals surface area contributed by atoms with Gasteiger partial charge < -0.3 is 9.64 Å². The van der Waals surface area contributed by atoms with Gasteiger partial charge in [-0.3, -0.25) is 4.79 Å². The molecule has 1 amide bonds. The number of anilines is 1. The number of amides is 1. The molecule has 13 heteroatoms. The summed E-state index contributed by atoms with van der Waals surface area (Å²) in [4.78, 5) is 17.8. The van der Waals surface area contributed by atoms with Crippen molar-refractivity contribution in [2.45, 2.75) is 17.5 Å². The van der Waals surface area contributed by atoms with Crippen molar-refractivity contribution >= 4 is 61.6 Å². The second-order valence-corrected chi connectivity index (χ2v) is 11.6. The molecular weight excluding hydrogens is 524 g/mol. The molecule has 2 atom stereocenters. The van der Waals surface area contributed by atoms with Gasteiger partial charge in [-0.2, -0.15) is 18.2 Å². The maximum absolute atomic E-state index is 13.3. The van der Waals surface area contributed by atoms with Crippen LogP contribution in [-0.4, -0.2) is 48.9 Å². The first-order chi connectivity index (χ1) is 15.4. The van der Waals surface area contributed by atoms with E-state index in [2.05, 4.69) is 4.99 Å². The van der Waals surface area contributed by atoms with Crippen LogP contribution in [0.4, 0.5) is 18.9 Å². The van der Waals surface area contributed by atoms with Crippen molar-refractivity contribution in [3.8, 4) is 5.75 Å². The molecule has 0 bridgehead atoms. The Bertz CT molecular complexity index is 1220. The van der Waals surface area contributed by atoms with Crippen LogP contribution in [0.2, 0.25) is 10.0 Å². The molecule has 4 rings (SSSR count). The lowest BCUT2D eigenvalue weighted by Crippen LogP contribution is -2.38. The first-order valence-corrected chi connectivity index (χ1v) is 12.9. The minimum Gasteiger partial charge on any atom is -0.484 e. The number of nitrogens with zero attached hydrogens (tertiary/aromatic N) is 2. The third kappa shape index (κ3) is 5.42. The molecule has 2 saturated heterocycles. The fraction of sp³-hybridized carbons (Fsp3) is 0.300. The Hall–Kier alpha value is -1.95. The number of alkyl halides is 3. The highest BCUT2D eigenvalue weighted by Crippen LogP contribution is 2.44. The van der Waals surface area contributed by atoms with Crippen LogP contribution < -0.4 is 9.64 Å². The quantitative estimate of drug-likeness (QED) is 0.561. The lowest BCUT2D eigenvalue weighted by molar-refractivity contribution is -0.137. The summed E-state index contributed by atoms with van der Waals surface area (Å²) in [5, 5.41) is 0.0488. The van der Waals surface area contributed by atoms with E-state index in [9.17, 15) is 26.4 Å². The van der Waals surface area contributed by atoms with Crippen molar-refractivity contribution in [1.29, 1.82) is 0 Å². The molecule has 0 spiro atoms. The SMILES string of the molecule is O=C(COc1ccc(Cl)cc1)N=C1S[C@@H]2CS(=O)(=O)C[C@@H]2N1c1cc(C(F)(F)F)ccc1Cl. The second-order valence-electron chi connectivity index (χ2n) is 7.37. The Morgan fingerprint density at radius 3 is 2.52 bits per heavy atom. The Kier molecular flexibility index (Phi) is 6.60. The molecule has 33 heavy (non-hydrogen) atoms. The molecular formula is C20H15Cl2F3N2O4S2. The summed E-state index contributed by atoms with van der Waals surface area (Å²) in [7, 11) is -3.40. The van der Waals surface area contributed by atoms with Crippen molar-refractivity contribution in [3.05, 3.63) is 58.1 Å². The Balaban J connectivity index is 1.64. The highest BCUT2D eigenvalue weighted by Gasteiger charge is 2.50. The topological polar surface area (TPSA) is 76.0 Å². The molecule has 2 aliphatic rings. The van der Waals surface area contributed by atoms with Gasteiger partial charge in [-0.1, -0.05) is 35.0 Å². The summed E-state index contributed by atoms with van der Waals surface area (Å²) >= 11 is 13.0. The van der Waals surface area contributed by atoms with Gasteiger partial charge in [0.1, 0.15) is 5.75 Å². The van der Waals surface area contributed by atoms with Gasteiger partial charge in [-0.05, 0) is 42.5 Å². The zero-order valence-electron chi connectivity index (χ0n) is 16.6. The molecule has 6 nitrogen and oxygen atoms in total. The van der Waals surface area contributed by atoms with Crippen LogP contribution in [0.5, 0.6) is 5.75 Å². The summed E-state index contributed by atoms with van der Waals surface area (Å²) in [5.74, 6) is -0.772. The number of benzene rings is 2. The number of ether oxygens (including phenoxy) is 1. The normalized spacial score (nSPS) is 23.1. The number of carbonyl (C=O) groups is 1. The van der Waals surface area contributed by atoms with Gasteiger partial charge in [-0.25, -0.2) is 8.42 Å². The maximum Gasteiger partial charge on any atom is 0.416 e. The molecule has 0 aliphatic carbocycles. The summed E-state index contributed by atoms with van der Waals surface area (Å²) < 4.78 is 69.6. The number of carbonyl (C=O) groups excluding carboxylic acids is 1. The van der Waals surface area contributed by atoms with Crippen LogP contribution in [0.1, 0.15) is 5.56 Å². The average molecular weight is 539 g/mol. The maximum atomic E-state index is 13.3. The van der Waals surface area contributed by atoms with Crippen LogP contribution >= 0.6 is 35.0 Å².